The number of hydrogen-bond acceptors (Lipinski definition) is 3. The molecule has 1 aromatic carbocycles. The minimum atomic E-state index is 0.0895. The van der Waals surface area contributed by atoms with Crippen molar-refractivity contribution in [3.63, 3.8) is 0 Å². The van der Waals surface area contributed by atoms with Crippen molar-refractivity contribution in [1.82, 2.24) is 4.98 Å². The third-order valence-electron chi connectivity index (χ3n) is 3.34. The summed E-state index contributed by atoms with van der Waals surface area (Å²) >= 11 is 1.80. The van der Waals surface area contributed by atoms with Gasteiger partial charge in [0.15, 0.2) is 0 Å². The first-order valence-corrected chi connectivity index (χ1v) is 7.33. The summed E-state index contributed by atoms with van der Waals surface area (Å²) in [5.74, 6) is 0. The molecule has 0 spiro atoms. The van der Waals surface area contributed by atoms with Crippen LogP contribution in [0.25, 0.3) is 10.9 Å². The molecule has 0 saturated heterocycles. The smallest absolute Gasteiger partial charge is 0.0702 e. The van der Waals surface area contributed by atoms with Crippen LogP contribution in [0.3, 0.4) is 0 Å². The van der Waals surface area contributed by atoms with Crippen molar-refractivity contribution in [2.45, 2.75) is 18.9 Å². The van der Waals surface area contributed by atoms with Gasteiger partial charge in [-0.3, -0.25) is 4.98 Å². The number of fused-ring (bicyclic) bond motifs is 1. The monoisotopic (exact) mass is 268 g/mol. The molecule has 0 radical (unpaired) electrons. The van der Waals surface area contributed by atoms with Gasteiger partial charge in [-0.1, -0.05) is 18.2 Å². The molecule has 1 unspecified atom stereocenters. The van der Waals surface area contributed by atoms with Crippen LogP contribution in [-0.2, 0) is 6.42 Å². The Hall–Kier alpha value is -1.71. The van der Waals surface area contributed by atoms with Crippen LogP contribution in [0.4, 0.5) is 0 Å². The maximum absolute atomic E-state index is 6.29. The highest BCUT2D eigenvalue weighted by Crippen LogP contribution is 2.22. The molecule has 0 aliphatic rings. The van der Waals surface area contributed by atoms with E-state index in [1.54, 1.807) is 11.3 Å². The number of nitrogens with two attached hydrogens (primary N) is 1. The van der Waals surface area contributed by atoms with Gasteiger partial charge in [-0.15, -0.1) is 11.3 Å². The van der Waals surface area contributed by atoms with Crippen LogP contribution in [0, 0.1) is 0 Å². The summed E-state index contributed by atoms with van der Waals surface area (Å²) in [4.78, 5) is 5.73. The zero-order valence-corrected chi connectivity index (χ0v) is 11.4. The molecule has 3 rings (SSSR count). The standard InChI is InChI=1S/C16H16N2S/c17-15(7-6-14-4-2-10-19-14)12-5-8-16-13(11-12)3-1-9-18-16/h1-5,8-11,15H,6-7,17H2. The van der Waals surface area contributed by atoms with Crippen molar-refractivity contribution >= 4 is 22.2 Å². The SMILES string of the molecule is NC(CCc1cccs1)c1ccc2ncccc2c1. The van der Waals surface area contributed by atoms with Crippen LogP contribution in [0.5, 0.6) is 0 Å². The van der Waals surface area contributed by atoms with Crippen molar-refractivity contribution in [2.75, 3.05) is 0 Å². The van der Waals surface area contributed by atoms with Crippen LogP contribution in [-0.4, -0.2) is 4.98 Å². The maximum atomic E-state index is 6.29. The third kappa shape index (κ3) is 2.83. The molecule has 0 bridgehead atoms. The summed E-state index contributed by atoms with van der Waals surface area (Å²) in [6.07, 6.45) is 3.84. The summed E-state index contributed by atoms with van der Waals surface area (Å²) in [6.45, 7) is 0. The molecule has 2 heterocycles. The fourth-order valence-corrected chi connectivity index (χ4v) is 2.97. The van der Waals surface area contributed by atoms with E-state index >= 15 is 0 Å². The van der Waals surface area contributed by atoms with E-state index in [9.17, 15) is 0 Å². The first kappa shape index (κ1) is 12.3. The van der Waals surface area contributed by atoms with Crippen molar-refractivity contribution in [3.05, 3.63) is 64.5 Å². The van der Waals surface area contributed by atoms with E-state index in [0.717, 1.165) is 23.7 Å². The molecule has 0 amide bonds. The molecule has 0 fully saturated rings. The van der Waals surface area contributed by atoms with Crippen molar-refractivity contribution < 1.29 is 0 Å². The van der Waals surface area contributed by atoms with Crippen molar-refractivity contribution in [2.24, 2.45) is 5.73 Å². The molecular formula is C16H16N2S. The molecule has 2 aromatic heterocycles. The summed E-state index contributed by atoms with van der Waals surface area (Å²) in [6, 6.07) is 14.7. The first-order chi connectivity index (χ1) is 9.33. The molecule has 3 heteroatoms. The quantitative estimate of drug-likeness (QED) is 0.778. The number of rotatable bonds is 4. The largest absolute Gasteiger partial charge is 0.324 e. The van der Waals surface area contributed by atoms with Gasteiger partial charge in [0.25, 0.3) is 0 Å². The van der Waals surface area contributed by atoms with Crippen LogP contribution < -0.4 is 5.73 Å². The van der Waals surface area contributed by atoms with E-state index < -0.39 is 0 Å². The van der Waals surface area contributed by atoms with Gasteiger partial charge in [-0.05, 0) is 48.1 Å². The predicted molar refractivity (Wildman–Crippen MR) is 81.3 cm³/mol. The molecular weight excluding hydrogens is 252 g/mol. The van der Waals surface area contributed by atoms with Crippen molar-refractivity contribution in [3.8, 4) is 0 Å². The fourth-order valence-electron chi connectivity index (χ4n) is 2.24. The molecule has 1 atom stereocenters. The van der Waals surface area contributed by atoms with Gasteiger partial charge in [0.05, 0.1) is 5.52 Å². The summed E-state index contributed by atoms with van der Waals surface area (Å²) < 4.78 is 0. The number of aryl methyl sites for hydroxylation is 1. The number of benzene rings is 1. The van der Waals surface area contributed by atoms with E-state index in [2.05, 4.69) is 46.8 Å². The van der Waals surface area contributed by atoms with Gasteiger partial charge in [-0.25, -0.2) is 0 Å². The zero-order valence-electron chi connectivity index (χ0n) is 10.6. The highest BCUT2D eigenvalue weighted by atomic mass is 32.1. The lowest BCUT2D eigenvalue weighted by Crippen LogP contribution is -2.11. The molecule has 96 valence electrons. The second kappa shape index (κ2) is 5.51. The normalized spacial score (nSPS) is 12.7. The number of nitrogens with zero attached hydrogens (tertiary/aromatic N) is 1. The van der Waals surface area contributed by atoms with E-state index in [0.29, 0.717) is 0 Å². The fraction of sp³-hybridized carbons (Fsp3) is 0.188. The van der Waals surface area contributed by atoms with Crippen LogP contribution in [0.15, 0.2) is 54.0 Å². The highest BCUT2D eigenvalue weighted by Gasteiger charge is 2.07. The molecule has 2 N–H and O–H groups in total. The Kier molecular flexibility index (Phi) is 3.58. The number of hydrogen-bond donors (Lipinski definition) is 1. The molecule has 3 aromatic rings. The Balaban J connectivity index is 1.75. The average Bonchev–Trinajstić information content (AvgIpc) is 2.97. The van der Waals surface area contributed by atoms with E-state index in [-0.39, 0.29) is 6.04 Å². The van der Waals surface area contributed by atoms with Crippen LogP contribution in [0.2, 0.25) is 0 Å². The maximum Gasteiger partial charge on any atom is 0.0702 e. The molecule has 2 nitrogen and oxygen atoms in total. The topological polar surface area (TPSA) is 38.9 Å². The lowest BCUT2D eigenvalue weighted by atomic mass is 10.0. The second-order valence-corrected chi connectivity index (χ2v) is 5.71. The lowest BCUT2D eigenvalue weighted by molar-refractivity contribution is 0.656. The second-order valence-electron chi connectivity index (χ2n) is 4.68. The third-order valence-corrected chi connectivity index (χ3v) is 4.27. The summed E-state index contributed by atoms with van der Waals surface area (Å²) in [5.41, 5.74) is 8.50. The summed E-state index contributed by atoms with van der Waals surface area (Å²) in [5, 5.41) is 3.27. The Morgan fingerprint density at radius 3 is 2.95 bits per heavy atom. The van der Waals surface area contributed by atoms with Gasteiger partial charge >= 0.3 is 0 Å². The summed E-state index contributed by atoms with van der Waals surface area (Å²) in [7, 11) is 0. The predicted octanol–water partition coefficient (Wildman–Crippen LogP) is 3.93. The minimum Gasteiger partial charge on any atom is -0.324 e. The Labute approximate surface area is 116 Å². The Morgan fingerprint density at radius 2 is 2.11 bits per heavy atom. The van der Waals surface area contributed by atoms with Gasteiger partial charge in [0.2, 0.25) is 0 Å². The molecule has 19 heavy (non-hydrogen) atoms. The highest BCUT2D eigenvalue weighted by molar-refractivity contribution is 7.09. The Bertz CT molecular complexity index is 661. The van der Waals surface area contributed by atoms with Gasteiger partial charge < -0.3 is 5.73 Å². The van der Waals surface area contributed by atoms with Gasteiger partial charge in [-0.2, -0.15) is 0 Å². The Morgan fingerprint density at radius 1 is 1.16 bits per heavy atom. The number of aromatic nitrogens is 1. The lowest BCUT2D eigenvalue weighted by Gasteiger charge is -2.12. The molecule has 0 saturated carbocycles. The number of thiophene rings is 1. The molecule has 0 aliphatic heterocycles. The number of pyridine rings is 1. The average molecular weight is 268 g/mol. The zero-order chi connectivity index (χ0) is 13.1. The van der Waals surface area contributed by atoms with Crippen molar-refractivity contribution in [1.29, 1.82) is 0 Å². The van der Waals surface area contributed by atoms with Crippen LogP contribution >= 0.6 is 11.3 Å². The van der Waals surface area contributed by atoms with Gasteiger partial charge in [0.1, 0.15) is 0 Å². The van der Waals surface area contributed by atoms with E-state index in [4.69, 9.17) is 5.73 Å². The van der Waals surface area contributed by atoms with E-state index in [1.807, 2.05) is 12.3 Å². The first-order valence-electron chi connectivity index (χ1n) is 6.45. The molecule has 0 aliphatic carbocycles. The van der Waals surface area contributed by atoms with Crippen LogP contribution in [0.1, 0.15) is 22.9 Å². The van der Waals surface area contributed by atoms with E-state index in [1.165, 1.54) is 10.4 Å². The van der Waals surface area contributed by atoms with Gasteiger partial charge in [0, 0.05) is 22.5 Å². The minimum absolute atomic E-state index is 0.0895.